The van der Waals surface area contributed by atoms with E-state index in [0.29, 0.717) is 23.4 Å². The quantitative estimate of drug-likeness (QED) is 0.718. The highest BCUT2D eigenvalue weighted by Gasteiger charge is 2.30. The van der Waals surface area contributed by atoms with Gasteiger partial charge in [0, 0.05) is 23.8 Å². The van der Waals surface area contributed by atoms with Crippen LogP contribution < -0.4 is 4.90 Å². The lowest BCUT2D eigenvalue weighted by molar-refractivity contribution is 0.296. The Kier molecular flexibility index (Phi) is 4.16. The molecule has 0 bridgehead atoms. The molecule has 1 saturated heterocycles. The van der Waals surface area contributed by atoms with E-state index in [9.17, 15) is 4.39 Å². The molecule has 0 spiro atoms. The minimum Gasteiger partial charge on any atom is -0.368 e. The average Bonchev–Trinajstić information content (AvgIpc) is 2.33. The second-order valence-electron chi connectivity index (χ2n) is 5.58. The average molecular weight is 270 g/mol. The van der Waals surface area contributed by atoms with Crippen molar-refractivity contribution in [2.75, 3.05) is 11.4 Å². The van der Waals surface area contributed by atoms with Crippen LogP contribution in [-0.4, -0.2) is 12.6 Å². The van der Waals surface area contributed by atoms with Gasteiger partial charge in [0.1, 0.15) is 5.82 Å². The predicted molar refractivity (Wildman–Crippen MR) is 75.7 cm³/mol. The summed E-state index contributed by atoms with van der Waals surface area (Å²) in [6, 6.07) is 5.69. The zero-order chi connectivity index (χ0) is 13.3. The molecule has 3 unspecified atom stereocenters. The lowest BCUT2D eigenvalue weighted by Gasteiger charge is -2.43. The van der Waals surface area contributed by atoms with Gasteiger partial charge in [0.15, 0.2) is 0 Å². The van der Waals surface area contributed by atoms with E-state index >= 15 is 0 Å². The van der Waals surface area contributed by atoms with Crippen molar-refractivity contribution >= 4 is 17.3 Å². The standard InChI is InChI=1S/C15H21ClFN/c1-10-7-11(2)12(3)18(9-10)15-6-4-5-14(17)13(15)8-16/h4-6,10-12H,7-9H2,1-3H3. The van der Waals surface area contributed by atoms with Crippen LogP contribution in [0, 0.1) is 17.7 Å². The van der Waals surface area contributed by atoms with Crippen LogP contribution in [-0.2, 0) is 5.88 Å². The van der Waals surface area contributed by atoms with Gasteiger partial charge < -0.3 is 4.90 Å². The minimum atomic E-state index is -0.194. The van der Waals surface area contributed by atoms with Gasteiger partial charge in [-0.05, 0) is 37.3 Å². The van der Waals surface area contributed by atoms with E-state index in [2.05, 4.69) is 25.7 Å². The van der Waals surface area contributed by atoms with Crippen molar-refractivity contribution in [3.05, 3.63) is 29.6 Å². The third-order valence-corrected chi connectivity index (χ3v) is 4.40. The van der Waals surface area contributed by atoms with E-state index in [1.165, 1.54) is 12.5 Å². The first-order chi connectivity index (χ1) is 8.54. The molecule has 1 aromatic rings. The molecule has 0 N–H and O–H groups in total. The first-order valence-electron chi connectivity index (χ1n) is 6.64. The normalized spacial score (nSPS) is 28.5. The number of nitrogens with zero attached hydrogens (tertiary/aromatic N) is 1. The van der Waals surface area contributed by atoms with E-state index in [0.717, 1.165) is 12.2 Å². The highest BCUT2D eigenvalue weighted by molar-refractivity contribution is 6.17. The Morgan fingerprint density at radius 1 is 1.33 bits per heavy atom. The Morgan fingerprint density at radius 3 is 2.72 bits per heavy atom. The Hall–Kier alpha value is -0.760. The number of hydrogen-bond donors (Lipinski definition) is 0. The molecule has 1 nitrogen and oxygen atoms in total. The van der Waals surface area contributed by atoms with Crippen molar-refractivity contribution in [1.82, 2.24) is 0 Å². The topological polar surface area (TPSA) is 3.24 Å². The van der Waals surface area contributed by atoms with Gasteiger partial charge >= 0.3 is 0 Å². The van der Waals surface area contributed by atoms with Gasteiger partial charge in [-0.2, -0.15) is 0 Å². The Balaban J connectivity index is 2.38. The molecular weight excluding hydrogens is 249 g/mol. The Morgan fingerprint density at radius 2 is 2.06 bits per heavy atom. The molecule has 18 heavy (non-hydrogen) atoms. The monoisotopic (exact) mass is 269 g/mol. The fourth-order valence-electron chi connectivity index (χ4n) is 2.98. The van der Waals surface area contributed by atoms with Gasteiger partial charge in [0.2, 0.25) is 0 Å². The zero-order valence-electron chi connectivity index (χ0n) is 11.3. The van der Waals surface area contributed by atoms with Crippen LogP contribution in [0.5, 0.6) is 0 Å². The van der Waals surface area contributed by atoms with Crippen molar-refractivity contribution in [2.24, 2.45) is 11.8 Å². The van der Waals surface area contributed by atoms with Gasteiger partial charge in [0.05, 0.1) is 5.88 Å². The molecule has 1 fully saturated rings. The summed E-state index contributed by atoms with van der Waals surface area (Å²) in [5.74, 6) is 1.30. The Bertz CT molecular complexity index is 421. The summed E-state index contributed by atoms with van der Waals surface area (Å²) in [6.45, 7) is 7.74. The number of alkyl halides is 1. The molecule has 1 aliphatic rings. The maximum atomic E-state index is 13.8. The maximum Gasteiger partial charge on any atom is 0.129 e. The molecule has 1 heterocycles. The summed E-state index contributed by atoms with van der Waals surface area (Å²) < 4.78 is 13.8. The van der Waals surface area contributed by atoms with E-state index in [-0.39, 0.29) is 11.7 Å². The van der Waals surface area contributed by atoms with Crippen LogP contribution in [0.25, 0.3) is 0 Å². The van der Waals surface area contributed by atoms with E-state index in [1.54, 1.807) is 6.07 Å². The number of benzene rings is 1. The van der Waals surface area contributed by atoms with Crippen LogP contribution in [0.3, 0.4) is 0 Å². The predicted octanol–water partition coefficient (Wildman–Crippen LogP) is 4.44. The number of piperidine rings is 1. The maximum absolute atomic E-state index is 13.8. The lowest BCUT2D eigenvalue weighted by atomic mass is 9.85. The van der Waals surface area contributed by atoms with Gasteiger partial charge in [-0.1, -0.05) is 19.9 Å². The van der Waals surface area contributed by atoms with Crippen LogP contribution in [0.15, 0.2) is 18.2 Å². The molecular formula is C15H21ClFN. The number of anilines is 1. The lowest BCUT2D eigenvalue weighted by Crippen LogP contribution is -2.46. The van der Waals surface area contributed by atoms with Crippen molar-refractivity contribution in [2.45, 2.75) is 39.1 Å². The molecule has 0 saturated carbocycles. The number of hydrogen-bond acceptors (Lipinski definition) is 1. The molecule has 1 aliphatic heterocycles. The van der Waals surface area contributed by atoms with Crippen LogP contribution in [0.2, 0.25) is 0 Å². The van der Waals surface area contributed by atoms with Crippen molar-refractivity contribution < 1.29 is 4.39 Å². The first-order valence-corrected chi connectivity index (χ1v) is 7.18. The number of halogens is 2. The first kappa shape index (κ1) is 13.7. The van der Waals surface area contributed by atoms with Crippen LogP contribution >= 0.6 is 11.6 Å². The van der Waals surface area contributed by atoms with Gasteiger partial charge in [-0.25, -0.2) is 4.39 Å². The van der Waals surface area contributed by atoms with Gasteiger partial charge in [-0.3, -0.25) is 0 Å². The summed E-state index contributed by atoms with van der Waals surface area (Å²) in [5, 5.41) is 0. The summed E-state index contributed by atoms with van der Waals surface area (Å²) in [6.07, 6.45) is 1.24. The molecule has 100 valence electrons. The summed E-state index contributed by atoms with van der Waals surface area (Å²) >= 11 is 5.91. The highest BCUT2D eigenvalue weighted by Crippen LogP contribution is 2.34. The fraction of sp³-hybridized carbons (Fsp3) is 0.600. The number of rotatable bonds is 2. The third-order valence-electron chi connectivity index (χ3n) is 4.13. The molecule has 3 atom stereocenters. The molecule has 3 heteroatoms. The van der Waals surface area contributed by atoms with E-state index < -0.39 is 0 Å². The molecule has 1 aromatic carbocycles. The highest BCUT2D eigenvalue weighted by atomic mass is 35.5. The van der Waals surface area contributed by atoms with E-state index in [4.69, 9.17) is 11.6 Å². The Labute approximate surface area is 114 Å². The van der Waals surface area contributed by atoms with Gasteiger partial charge in [-0.15, -0.1) is 11.6 Å². The van der Waals surface area contributed by atoms with Crippen molar-refractivity contribution in [3.63, 3.8) is 0 Å². The van der Waals surface area contributed by atoms with Crippen molar-refractivity contribution in [1.29, 1.82) is 0 Å². The molecule has 0 amide bonds. The summed E-state index contributed by atoms with van der Waals surface area (Å²) in [5.41, 5.74) is 1.60. The van der Waals surface area contributed by atoms with E-state index in [1.807, 2.05) is 6.07 Å². The second kappa shape index (κ2) is 5.48. The second-order valence-corrected chi connectivity index (χ2v) is 5.85. The van der Waals surface area contributed by atoms with Crippen LogP contribution in [0.1, 0.15) is 32.8 Å². The molecule has 0 radical (unpaired) electrons. The largest absolute Gasteiger partial charge is 0.368 e. The molecule has 0 aromatic heterocycles. The summed E-state index contributed by atoms with van der Waals surface area (Å²) in [4.78, 5) is 2.32. The summed E-state index contributed by atoms with van der Waals surface area (Å²) in [7, 11) is 0. The molecule has 0 aliphatic carbocycles. The minimum absolute atomic E-state index is 0.194. The van der Waals surface area contributed by atoms with Crippen molar-refractivity contribution in [3.8, 4) is 0 Å². The smallest absolute Gasteiger partial charge is 0.129 e. The molecule has 2 rings (SSSR count). The van der Waals surface area contributed by atoms with Gasteiger partial charge in [0.25, 0.3) is 0 Å². The third kappa shape index (κ3) is 2.49. The van der Waals surface area contributed by atoms with Crippen LogP contribution in [0.4, 0.5) is 10.1 Å². The fourth-order valence-corrected chi connectivity index (χ4v) is 3.25. The SMILES string of the molecule is CC1CC(C)C(C)N(c2cccc(F)c2CCl)C1. The zero-order valence-corrected chi connectivity index (χ0v) is 12.0.